The van der Waals surface area contributed by atoms with Gasteiger partial charge in [0.1, 0.15) is 6.61 Å². The molecule has 1 amide bonds. The van der Waals surface area contributed by atoms with E-state index >= 15 is 0 Å². The van der Waals surface area contributed by atoms with E-state index in [1.807, 2.05) is 24.3 Å². The predicted octanol–water partition coefficient (Wildman–Crippen LogP) is 2.64. The molecule has 2 rings (SSSR count). The quantitative estimate of drug-likeness (QED) is 0.846. The molecule has 1 aromatic carbocycles. The van der Waals surface area contributed by atoms with E-state index in [2.05, 4.69) is 17.6 Å². The maximum atomic E-state index is 11.5. The van der Waals surface area contributed by atoms with Crippen LogP contribution in [0.2, 0.25) is 0 Å². The van der Waals surface area contributed by atoms with Crippen molar-refractivity contribution in [3.8, 4) is 0 Å². The molecule has 2 N–H and O–H groups in total. The van der Waals surface area contributed by atoms with Gasteiger partial charge in [0.25, 0.3) is 0 Å². The number of rotatable bonds is 6. The second-order valence-corrected chi connectivity index (χ2v) is 5.33. The van der Waals surface area contributed by atoms with Gasteiger partial charge in [0.05, 0.1) is 6.10 Å². The Bertz CT molecular complexity index is 465. The summed E-state index contributed by atoms with van der Waals surface area (Å²) in [4.78, 5) is 11.5. The third kappa shape index (κ3) is 5.02. The van der Waals surface area contributed by atoms with Gasteiger partial charge < -0.3 is 20.1 Å². The normalized spacial score (nSPS) is 21.8. The van der Waals surface area contributed by atoms with E-state index in [0.29, 0.717) is 12.1 Å². The highest BCUT2D eigenvalue weighted by Crippen LogP contribution is 2.22. The minimum atomic E-state index is -0.147. The van der Waals surface area contributed by atoms with Crippen LogP contribution in [0.25, 0.3) is 0 Å². The summed E-state index contributed by atoms with van der Waals surface area (Å²) in [6.07, 6.45) is 3.43. The lowest BCUT2D eigenvalue weighted by Gasteiger charge is -2.30. The van der Waals surface area contributed by atoms with Crippen LogP contribution in [0.5, 0.6) is 0 Å². The first kappa shape index (κ1) is 15.8. The Morgan fingerprint density at radius 1 is 1.43 bits per heavy atom. The average molecular weight is 292 g/mol. The molecule has 5 heteroatoms. The molecule has 21 heavy (non-hydrogen) atoms. The predicted molar refractivity (Wildman–Crippen MR) is 83.6 cm³/mol. The molecule has 1 fully saturated rings. The van der Waals surface area contributed by atoms with Crippen LogP contribution in [-0.2, 0) is 14.3 Å². The Morgan fingerprint density at radius 3 is 3.00 bits per heavy atom. The third-order valence-electron chi connectivity index (χ3n) is 3.62. The summed E-state index contributed by atoms with van der Waals surface area (Å²) < 4.78 is 10.5. The minimum absolute atomic E-state index is 0.0653. The van der Waals surface area contributed by atoms with E-state index < -0.39 is 0 Å². The van der Waals surface area contributed by atoms with Crippen LogP contribution >= 0.6 is 0 Å². The molecule has 1 aliphatic heterocycles. The van der Waals surface area contributed by atoms with E-state index in [-0.39, 0.29) is 12.5 Å². The smallest absolute Gasteiger partial charge is 0.250 e. The Kier molecular flexibility index (Phi) is 6.02. The molecule has 1 aliphatic rings. The van der Waals surface area contributed by atoms with Gasteiger partial charge in [0.15, 0.2) is 0 Å². The SMILES string of the molecule is CCC1CC(Nc2cccc(NC(=O)COC)c2)CCO1. The van der Waals surface area contributed by atoms with E-state index in [1.54, 1.807) is 0 Å². The molecular formula is C16H24N2O3. The van der Waals surface area contributed by atoms with Crippen molar-refractivity contribution in [1.82, 2.24) is 0 Å². The van der Waals surface area contributed by atoms with Crippen LogP contribution in [-0.4, -0.2) is 38.4 Å². The van der Waals surface area contributed by atoms with Crippen molar-refractivity contribution < 1.29 is 14.3 Å². The fourth-order valence-corrected chi connectivity index (χ4v) is 2.55. The largest absolute Gasteiger partial charge is 0.382 e. The number of hydrogen-bond donors (Lipinski definition) is 2. The first-order valence-electron chi connectivity index (χ1n) is 7.48. The van der Waals surface area contributed by atoms with E-state index in [0.717, 1.165) is 37.2 Å². The van der Waals surface area contributed by atoms with Gasteiger partial charge in [0.2, 0.25) is 5.91 Å². The topological polar surface area (TPSA) is 59.6 Å². The zero-order valence-corrected chi connectivity index (χ0v) is 12.7. The summed E-state index contributed by atoms with van der Waals surface area (Å²) in [6, 6.07) is 8.19. The molecule has 0 spiro atoms. The van der Waals surface area contributed by atoms with Crippen LogP contribution in [0.1, 0.15) is 26.2 Å². The van der Waals surface area contributed by atoms with Gasteiger partial charge in [-0.25, -0.2) is 0 Å². The van der Waals surface area contributed by atoms with Crippen molar-refractivity contribution in [3.63, 3.8) is 0 Å². The Hall–Kier alpha value is -1.59. The average Bonchev–Trinajstić information content (AvgIpc) is 2.48. The number of carbonyl (C=O) groups is 1. The fraction of sp³-hybridized carbons (Fsp3) is 0.562. The molecule has 5 nitrogen and oxygen atoms in total. The maximum Gasteiger partial charge on any atom is 0.250 e. The molecule has 1 aromatic rings. The van der Waals surface area contributed by atoms with Crippen molar-refractivity contribution in [1.29, 1.82) is 0 Å². The minimum Gasteiger partial charge on any atom is -0.382 e. The van der Waals surface area contributed by atoms with E-state index in [1.165, 1.54) is 7.11 Å². The monoisotopic (exact) mass is 292 g/mol. The Balaban J connectivity index is 1.92. The Morgan fingerprint density at radius 2 is 2.24 bits per heavy atom. The van der Waals surface area contributed by atoms with Gasteiger partial charge in [0, 0.05) is 31.1 Å². The highest BCUT2D eigenvalue weighted by Gasteiger charge is 2.21. The molecule has 0 saturated carbocycles. The number of nitrogens with one attached hydrogen (secondary N) is 2. The van der Waals surface area contributed by atoms with Crippen LogP contribution in [0, 0.1) is 0 Å². The van der Waals surface area contributed by atoms with Gasteiger partial charge in [-0.1, -0.05) is 13.0 Å². The third-order valence-corrected chi connectivity index (χ3v) is 3.62. The second-order valence-electron chi connectivity index (χ2n) is 5.33. The van der Waals surface area contributed by atoms with Gasteiger partial charge in [-0.3, -0.25) is 4.79 Å². The highest BCUT2D eigenvalue weighted by atomic mass is 16.5. The fourth-order valence-electron chi connectivity index (χ4n) is 2.55. The zero-order valence-electron chi connectivity index (χ0n) is 12.7. The second kappa shape index (κ2) is 8.00. The molecule has 0 radical (unpaired) electrons. The molecule has 1 saturated heterocycles. The zero-order chi connectivity index (χ0) is 15.1. The van der Waals surface area contributed by atoms with Crippen LogP contribution in [0.3, 0.4) is 0 Å². The number of hydrogen-bond acceptors (Lipinski definition) is 4. The molecule has 1 heterocycles. The van der Waals surface area contributed by atoms with Crippen molar-refractivity contribution in [2.45, 2.75) is 38.3 Å². The summed E-state index contributed by atoms with van der Waals surface area (Å²) in [5, 5.41) is 6.34. The van der Waals surface area contributed by atoms with E-state index in [4.69, 9.17) is 9.47 Å². The van der Waals surface area contributed by atoms with Crippen LogP contribution < -0.4 is 10.6 Å². The number of methoxy groups -OCH3 is 1. The van der Waals surface area contributed by atoms with Gasteiger partial charge in [-0.05, 0) is 37.5 Å². The van der Waals surface area contributed by atoms with Gasteiger partial charge >= 0.3 is 0 Å². The lowest BCUT2D eigenvalue weighted by molar-refractivity contribution is -0.119. The van der Waals surface area contributed by atoms with Crippen LogP contribution in [0.15, 0.2) is 24.3 Å². The lowest BCUT2D eigenvalue weighted by Crippen LogP contribution is -2.33. The van der Waals surface area contributed by atoms with Crippen molar-refractivity contribution >= 4 is 17.3 Å². The number of benzene rings is 1. The number of ether oxygens (including phenoxy) is 2. The van der Waals surface area contributed by atoms with Crippen molar-refractivity contribution in [2.75, 3.05) is 31.0 Å². The first-order chi connectivity index (χ1) is 10.2. The summed E-state index contributed by atoms with van der Waals surface area (Å²) in [5.74, 6) is -0.147. The molecule has 116 valence electrons. The molecule has 0 aromatic heterocycles. The summed E-state index contributed by atoms with van der Waals surface area (Å²) >= 11 is 0. The summed E-state index contributed by atoms with van der Waals surface area (Å²) in [7, 11) is 1.51. The maximum absolute atomic E-state index is 11.5. The Labute approximate surface area is 126 Å². The van der Waals surface area contributed by atoms with Gasteiger partial charge in [-0.15, -0.1) is 0 Å². The number of carbonyl (C=O) groups excluding carboxylic acids is 1. The van der Waals surface area contributed by atoms with Crippen molar-refractivity contribution in [3.05, 3.63) is 24.3 Å². The summed E-state index contributed by atoms with van der Waals surface area (Å²) in [5.41, 5.74) is 1.80. The molecule has 0 aliphatic carbocycles. The van der Waals surface area contributed by atoms with Gasteiger partial charge in [-0.2, -0.15) is 0 Å². The molecular weight excluding hydrogens is 268 g/mol. The standard InChI is InChI=1S/C16H24N2O3/c1-3-15-10-14(7-8-21-15)17-12-5-4-6-13(9-12)18-16(19)11-20-2/h4-6,9,14-15,17H,3,7-8,10-11H2,1-2H3,(H,18,19). The highest BCUT2D eigenvalue weighted by molar-refractivity contribution is 5.92. The molecule has 2 atom stereocenters. The molecule has 2 unspecified atom stereocenters. The van der Waals surface area contributed by atoms with Crippen molar-refractivity contribution in [2.24, 2.45) is 0 Å². The molecule has 0 bridgehead atoms. The number of amides is 1. The van der Waals surface area contributed by atoms with E-state index in [9.17, 15) is 4.79 Å². The first-order valence-corrected chi connectivity index (χ1v) is 7.48. The van der Waals surface area contributed by atoms with Crippen LogP contribution in [0.4, 0.5) is 11.4 Å². The summed E-state index contributed by atoms with van der Waals surface area (Å²) in [6.45, 7) is 3.02. The number of anilines is 2. The lowest BCUT2D eigenvalue weighted by atomic mass is 10.0.